The van der Waals surface area contributed by atoms with Crippen LogP contribution in [0.5, 0.6) is 0 Å². The Morgan fingerprint density at radius 2 is 2.04 bits per heavy atom. The minimum Gasteiger partial charge on any atom is -0.341 e. The molecule has 5 nitrogen and oxygen atoms in total. The van der Waals surface area contributed by atoms with E-state index in [-0.39, 0.29) is 17.5 Å². The summed E-state index contributed by atoms with van der Waals surface area (Å²) in [4.78, 5) is 14.2. The van der Waals surface area contributed by atoms with Gasteiger partial charge in [-0.1, -0.05) is 30.1 Å². The number of hydrogen-bond acceptors (Lipinski definition) is 3. The number of sulfonamides is 1. The monoisotopic (exact) mass is 378 g/mol. The van der Waals surface area contributed by atoms with Gasteiger partial charge in [-0.3, -0.25) is 9.10 Å². The summed E-state index contributed by atoms with van der Waals surface area (Å²) in [7, 11) is -3.61. The molecule has 0 unspecified atom stereocenters. The average Bonchev–Trinajstić information content (AvgIpc) is 2.46. The van der Waals surface area contributed by atoms with Gasteiger partial charge in [0.1, 0.15) is 6.54 Å². The average molecular weight is 379 g/mol. The highest BCUT2D eigenvalue weighted by Crippen LogP contribution is 2.28. The van der Waals surface area contributed by atoms with E-state index < -0.39 is 10.0 Å². The fourth-order valence-corrected chi connectivity index (χ4v) is 3.81. The molecule has 0 radical (unpaired) electrons. The number of anilines is 1. The predicted octanol–water partition coefficient (Wildman–Crippen LogP) is 3.02. The zero-order valence-corrected chi connectivity index (χ0v) is 15.5. The van der Waals surface area contributed by atoms with Gasteiger partial charge in [0.2, 0.25) is 15.9 Å². The Morgan fingerprint density at radius 1 is 1.35 bits per heavy atom. The first-order chi connectivity index (χ1) is 10.7. The van der Waals surface area contributed by atoms with Gasteiger partial charge in [-0.25, -0.2) is 8.42 Å². The van der Waals surface area contributed by atoms with Crippen molar-refractivity contribution in [1.82, 2.24) is 4.90 Å². The Kier molecular flexibility index (Phi) is 5.81. The van der Waals surface area contributed by atoms with Crippen LogP contribution in [0.15, 0.2) is 18.2 Å². The smallest absolute Gasteiger partial charge is 0.243 e. The quantitative estimate of drug-likeness (QED) is 0.808. The SMILES string of the molecule is C[C@H]1CCCN(C(=O)CN(c2ccc(Cl)c(Cl)c2)S(C)(=O)=O)C1. The van der Waals surface area contributed by atoms with Gasteiger partial charge in [-0.05, 0) is 37.0 Å². The molecule has 0 aromatic heterocycles. The van der Waals surface area contributed by atoms with Crippen LogP contribution in [0, 0.1) is 5.92 Å². The normalized spacial score (nSPS) is 18.8. The lowest BCUT2D eigenvalue weighted by atomic mass is 10.0. The van der Waals surface area contributed by atoms with Gasteiger partial charge < -0.3 is 4.90 Å². The Hall–Kier alpha value is -0.980. The second-order valence-electron chi connectivity index (χ2n) is 5.96. The first-order valence-corrected chi connectivity index (χ1v) is 9.99. The van der Waals surface area contributed by atoms with Crippen molar-refractivity contribution in [3.63, 3.8) is 0 Å². The molecule has 0 N–H and O–H groups in total. The molecule has 0 aliphatic carbocycles. The van der Waals surface area contributed by atoms with Gasteiger partial charge in [0.15, 0.2) is 0 Å². The lowest BCUT2D eigenvalue weighted by Crippen LogP contribution is -2.46. The highest BCUT2D eigenvalue weighted by Gasteiger charge is 2.26. The van der Waals surface area contributed by atoms with E-state index in [1.54, 1.807) is 11.0 Å². The highest BCUT2D eigenvalue weighted by molar-refractivity contribution is 7.92. The van der Waals surface area contributed by atoms with Crippen LogP contribution in [0.1, 0.15) is 19.8 Å². The van der Waals surface area contributed by atoms with Crippen LogP contribution in [0.3, 0.4) is 0 Å². The summed E-state index contributed by atoms with van der Waals surface area (Å²) in [6, 6.07) is 4.52. The van der Waals surface area contributed by atoms with Crippen LogP contribution in [0.2, 0.25) is 10.0 Å². The van der Waals surface area contributed by atoms with Crippen molar-refractivity contribution in [1.29, 1.82) is 0 Å². The summed E-state index contributed by atoms with van der Waals surface area (Å²) in [5.41, 5.74) is 0.334. The molecule has 2 rings (SSSR count). The van der Waals surface area contributed by atoms with Crippen LogP contribution < -0.4 is 4.31 Å². The van der Waals surface area contributed by atoms with E-state index >= 15 is 0 Å². The second kappa shape index (κ2) is 7.28. The second-order valence-corrected chi connectivity index (χ2v) is 8.68. The van der Waals surface area contributed by atoms with Crippen LogP contribution in [-0.2, 0) is 14.8 Å². The summed E-state index contributed by atoms with van der Waals surface area (Å²) in [5, 5.41) is 0.580. The molecule has 1 aliphatic rings. The molecule has 1 saturated heterocycles. The molecule has 1 aromatic carbocycles. The molecule has 1 aliphatic heterocycles. The number of benzene rings is 1. The van der Waals surface area contributed by atoms with Gasteiger partial charge in [-0.2, -0.15) is 0 Å². The molecular weight excluding hydrogens is 359 g/mol. The first kappa shape index (κ1) is 18.4. The standard InChI is InChI=1S/C15H20Cl2N2O3S/c1-11-4-3-7-18(9-11)15(20)10-19(23(2,21)22)12-5-6-13(16)14(17)8-12/h5-6,8,11H,3-4,7,9-10H2,1-2H3/t11-/m0/s1. The third kappa shape index (κ3) is 4.75. The Morgan fingerprint density at radius 3 is 2.61 bits per heavy atom. The number of piperidine rings is 1. The molecule has 23 heavy (non-hydrogen) atoms. The summed E-state index contributed by atoms with van der Waals surface area (Å²) in [6.45, 7) is 3.19. The van der Waals surface area contributed by atoms with Crippen LogP contribution in [-0.4, -0.2) is 45.1 Å². The highest BCUT2D eigenvalue weighted by atomic mass is 35.5. The van der Waals surface area contributed by atoms with Crippen molar-refractivity contribution < 1.29 is 13.2 Å². The third-order valence-electron chi connectivity index (χ3n) is 3.88. The Balaban J connectivity index is 2.22. The predicted molar refractivity (Wildman–Crippen MR) is 93.6 cm³/mol. The molecule has 0 spiro atoms. The number of amides is 1. The van der Waals surface area contributed by atoms with Crippen LogP contribution in [0.25, 0.3) is 0 Å². The fraction of sp³-hybridized carbons (Fsp3) is 0.533. The fourth-order valence-electron chi connectivity index (χ4n) is 2.68. The molecular formula is C15H20Cl2N2O3S. The van der Waals surface area contributed by atoms with Crippen LogP contribution in [0.4, 0.5) is 5.69 Å². The zero-order valence-electron chi connectivity index (χ0n) is 13.1. The molecule has 8 heteroatoms. The first-order valence-electron chi connectivity index (χ1n) is 7.39. The minimum absolute atomic E-state index is 0.201. The van der Waals surface area contributed by atoms with Gasteiger partial charge in [-0.15, -0.1) is 0 Å². The van der Waals surface area contributed by atoms with E-state index in [2.05, 4.69) is 6.92 Å². The summed E-state index contributed by atoms with van der Waals surface area (Å²) in [6.07, 6.45) is 3.10. The topological polar surface area (TPSA) is 57.7 Å². The number of halogens is 2. The lowest BCUT2D eigenvalue weighted by Gasteiger charge is -2.33. The van der Waals surface area contributed by atoms with Crippen molar-refractivity contribution >= 4 is 44.8 Å². The van der Waals surface area contributed by atoms with E-state index in [0.29, 0.717) is 29.7 Å². The molecule has 0 saturated carbocycles. The summed E-state index contributed by atoms with van der Waals surface area (Å²) < 4.78 is 25.2. The lowest BCUT2D eigenvalue weighted by molar-refractivity contribution is -0.131. The maximum atomic E-state index is 12.5. The number of hydrogen-bond donors (Lipinski definition) is 0. The molecule has 128 valence electrons. The minimum atomic E-state index is -3.61. The number of nitrogens with zero attached hydrogens (tertiary/aromatic N) is 2. The van der Waals surface area contributed by atoms with E-state index in [9.17, 15) is 13.2 Å². The zero-order chi connectivity index (χ0) is 17.2. The van der Waals surface area contributed by atoms with E-state index in [1.165, 1.54) is 12.1 Å². The molecule has 1 heterocycles. The number of rotatable bonds is 4. The largest absolute Gasteiger partial charge is 0.341 e. The van der Waals surface area contributed by atoms with Gasteiger partial charge >= 0.3 is 0 Å². The van der Waals surface area contributed by atoms with Crippen molar-refractivity contribution in [2.45, 2.75) is 19.8 Å². The van der Waals surface area contributed by atoms with Crippen molar-refractivity contribution in [3.05, 3.63) is 28.2 Å². The molecule has 0 bridgehead atoms. The molecule has 1 fully saturated rings. The Bertz CT molecular complexity index is 694. The van der Waals surface area contributed by atoms with E-state index in [1.807, 2.05) is 0 Å². The maximum absolute atomic E-state index is 12.5. The number of carbonyl (C=O) groups is 1. The van der Waals surface area contributed by atoms with Gasteiger partial charge in [0.25, 0.3) is 0 Å². The van der Waals surface area contributed by atoms with Crippen molar-refractivity contribution in [2.24, 2.45) is 5.92 Å². The molecule has 1 aromatic rings. The van der Waals surface area contributed by atoms with Gasteiger partial charge in [0.05, 0.1) is 22.0 Å². The summed E-state index contributed by atoms with van der Waals surface area (Å²) in [5.74, 6) is 0.234. The maximum Gasteiger partial charge on any atom is 0.243 e. The molecule has 1 amide bonds. The summed E-state index contributed by atoms with van der Waals surface area (Å²) >= 11 is 11.8. The van der Waals surface area contributed by atoms with Crippen molar-refractivity contribution in [3.8, 4) is 0 Å². The van der Waals surface area contributed by atoms with Crippen LogP contribution >= 0.6 is 23.2 Å². The number of likely N-dealkylation sites (tertiary alicyclic amines) is 1. The van der Waals surface area contributed by atoms with E-state index in [0.717, 1.165) is 23.4 Å². The Labute approximate surface area is 147 Å². The molecule has 1 atom stereocenters. The third-order valence-corrected chi connectivity index (χ3v) is 5.76. The van der Waals surface area contributed by atoms with Gasteiger partial charge in [0, 0.05) is 13.1 Å². The van der Waals surface area contributed by atoms with E-state index in [4.69, 9.17) is 23.2 Å². The number of carbonyl (C=O) groups excluding carboxylic acids is 1. The van der Waals surface area contributed by atoms with Crippen molar-refractivity contribution in [2.75, 3.05) is 30.2 Å².